The third kappa shape index (κ3) is 4.71. The lowest BCUT2D eigenvalue weighted by molar-refractivity contribution is 0.186. The van der Waals surface area contributed by atoms with E-state index in [0.29, 0.717) is 12.0 Å². The highest BCUT2D eigenvalue weighted by Crippen LogP contribution is 2.42. The summed E-state index contributed by atoms with van der Waals surface area (Å²) in [5.41, 5.74) is 1.50. The fourth-order valence-electron chi connectivity index (χ4n) is 5.61. The highest BCUT2D eigenvalue weighted by Gasteiger charge is 2.29. The molecule has 5 rings (SSSR count). The van der Waals surface area contributed by atoms with Crippen LogP contribution >= 0.6 is 11.3 Å². The molecule has 2 fully saturated rings. The van der Waals surface area contributed by atoms with Crippen molar-refractivity contribution in [2.75, 3.05) is 31.1 Å². The molecule has 2 atom stereocenters. The second-order valence-electron chi connectivity index (χ2n) is 10.5. The van der Waals surface area contributed by atoms with Gasteiger partial charge in [-0.1, -0.05) is 40.0 Å². The smallest absolute Gasteiger partial charge is 0.317 e. The molecule has 0 aromatic carbocycles. The second-order valence-corrected chi connectivity index (χ2v) is 11.6. The fraction of sp³-hybridized carbons (Fsp3) is 0.731. The quantitative estimate of drug-likeness (QED) is 0.643. The van der Waals surface area contributed by atoms with E-state index >= 15 is 0 Å². The van der Waals surface area contributed by atoms with Gasteiger partial charge in [-0.3, -0.25) is 0 Å². The van der Waals surface area contributed by atoms with Gasteiger partial charge in [0.15, 0.2) is 0 Å². The molecule has 0 bridgehead atoms. The summed E-state index contributed by atoms with van der Waals surface area (Å²) in [5, 5.41) is 4.59. The van der Waals surface area contributed by atoms with Gasteiger partial charge in [-0.25, -0.2) is 14.8 Å². The number of rotatable bonds is 4. The lowest BCUT2D eigenvalue weighted by Gasteiger charge is -2.37. The SMILES string of the molecule is CC[C@H](C)c1nc(N2CCN(C(=O)NC3CCCCC3)CC2)c2c3c(sc2n1)C[C@@H](C)CC3. The van der Waals surface area contributed by atoms with Crippen molar-refractivity contribution in [1.82, 2.24) is 20.2 Å². The molecule has 2 aliphatic carbocycles. The average molecular weight is 470 g/mol. The highest BCUT2D eigenvalue weighted by atomic mass is 32.1. The van der Waals surface area contributed by atoms with Gasteiger partial charge in [0.25, 0.3) is 0 Å². The number of carbonyl (C=O) groups excluding carboxylic acids is 1. The molecule has 2 aromatic rings. The number of nitrogens with zero attached hydrogens (tertiary/aromatic N) is 4. The van der Waals surface area contributed by atoms with Crippen LogP contribution in [0, 0.1) is 5.92 Å². The molecule has 180 valence electrons. The minimum atomic E-state index is 0.122. The maximum absolute atomic E-state index is 12.9. The summed E-state index contributed by atoms with van der Waals surface area (Å²) in [6.45, 7) is 9.99. The van der Waals surface area contributed by atoms with Crippen molar-refractivity contribution in [3.8, 4) is 0 Å². The van der Waals surface area contributed by atoms with Gasteiger partial charge in [-0.2, -0.15) is 0 Å². The number of aryl methyl sites for hydroxylation is 1. The van der Waals surface area contributed by atoms with E-state index in [0.717, 1.165) is 69.4 Å². The van der Waals surface area contributed by atoms with Crippen molar-refractivity contribution in [2.45, 2.75) is 90.5 Å². The van der Waals surface area contributed by atoms with Crippen molar-refractivity contribution in [1.29, 1.82) is 0 Å². The third-order valence-corrected chi connectivity index (χ3v) is 9.15. The first kappa shape index (κ1) is 22.9. The number of urea groups is 1. The zero-order valence-electron chi connectivity index (χ0n) is 20.5. The maximum atomic E-state index is 12.9. The summed E-state index contributed by atoms with van der Waals surface area (Å²) in [5.74, 6) is 3.20. The lowest BCUT2D eigenvalue weighted by atomic mass is 9.89. The second kappa shape index (κ2) is 9.77. The number of aromatic nitrogens is 2. The number of carbonyl (C=O) groups is 1. The van der Waals surface area contributed by atoms with E-state index in [1.54, 1.807) is 0 Å². The number of hydrogen-bond donors (Lipinski definition) is 1. The van der Waals surface area contributed by atoms with Crippen LogP contribution in [0.3, 0.4) is 0 Å². The molecule has 33 heavy (non-hydrogen) atoms. The van der Waals surface area contributed by atoms with Crippen molar-refractivity contribution < 1.29 is 4.79 Å². The van der Waals surface area contributed by atoms with Crippen LogP contribution < -0.4 is 10.2 Å². The van der Waals surface area contributed by atoms with Crippen LogP contribution in [0.25, 0.3) is 10.2 Å². The van der Waals surface area contributed by atoms with Crippen molar-refractivity contribution in [2.24, 2.45) is 5.92 Å². The van der Waals surface area contributed by atoms with E-state index in [-0.39, 0.29) is 6.03 Å². The Morgan fingerprint density at radius 3 is 2.61 bits per heavy atom. The maximum Gasteiger partial charge on any atom is 0.317 e. The monoisotopic (exact) mass is 469 g/mol. The van der Waals surface area contributed by atoms with E-state index in [1.165, 1.54) is 52.8 Å². The predicted octanol–water partition coefficient (Wildman–Crippen LogP) is 5.49. The van der Waals surface area contributed by atoms with Crippen LogP contribution in [0.4, 0.5) is 10.6 Å². The van der Waals surface area contributed by atoms with Gasteiger partial charge in [0.2, 0.25) is 0 Å². The highest BCUT2D eigenvalue weighted by molar-refractivity contribution is 7.19. The van der Waals surface area contributed by atoms with Gasteiger partial charge >= 0.3 is 6.03 Å². The van der Waals surface area contributed by atoms with E-state index in [9.17, 15) is 4.79 Å². The normalized spacial score (nSPS) is 22.9. The van der Waals surface area contributed by atoms with Crippen molar-refractivity contribution in [3.05, 3.63) is 16.3 Å². The Balaban J connectivity index is 1.37. The molecular weight excluding hydrogens is 430 g/mol. The standard InChI is InChI=1S/C26H39N5OS/c1-4-18(3)23-28-24(22-20-11-10-17(2)16-21(20)33-25(22)29-23)30-12-14-31(15-13-30)26(32)27-19-8-6-5-7-9-19/h17-19H,4-16H2,1-3H3,(H,27,32)/t17-,18-/m0/s1. The summed E-state index contributed by atoms with van der Waals surface area (Å²) in [6, 6.07) is 0.486. The first-order chi connectivity index (χ1) is 16.0. The predicted molar refractivity (Wildman–Crippen MR) is 137 cm³/mol. The van der Waals surface area contributed by atoms with E-state index in [1.807, 2.05) is 16.2 Å². The van der Waals surface area contributed by atoms with Crippen molar-refractivity contribution >= 4 is 33.4 Å². The molecule has 2 amide bonds. The molecule has 3 heterocycles. The topological polar surface area (TPSA) is 61.4 Å². The Labute approximate surface area is 202 Å². The number of nitrogens with one attached hydrogen (secondary N) is 1. The number of fused-ring (bicyclic) bond motifs is 3. The molecule has 0 unspecified atom stereocenters. The Morgan fingerprint density at radius 2 is 1.88 bits per heavy atom. The Bertz CT molecular complexity index is 990. The van der Waals surface area contributed by atoms with Crippen LogP contribution in [-0.2, 0) is 12.8 Å². The minimum absolute atomic E-state index is 0.122. The van der Waals surface area contributed by atoms with Crippen LogP contribution in [0.1, 0.15) is 87.9 Å². The van der Waals surface area contributed by atoms with E-state index in [2.05, 4.69) is 31.0 Å². The van der Waals surface area contributed by atoms with Crippen LogP contribution in [-0.4, -0.2) is 53.1 Å². The van der Waals surface area contributed by atoms with Crippen LogP contribution in [0.15, 0.2) is 0 Å². The molecule has 0 spiro atoms. The van der Waals surface area contributed by atoms with Gasteiger partial charge in [0.1, 0.15) is 16.5 Å². The summed E-state index contributed by atoms with van der Waals surface area (Å²) in [4.78, 5) is 30.2. The Morgan fingerprint density at radius 1 is 1.12 bits per heavy atom. The molecule has 1 aliphatic heterocycles. The Hall–Kier alpha value is -1.89. The van der Waals surface area contributed by atoms with Gasteiger partial charge in [0.05, 0.1) is 5.39 Å². The molecule has 1 saturated carbocycles. The number of amides is 2. The number of piperazine rings is 1. The van der Waals surface area contributed by atoms with Crippen LogP contribution in [0.5, 0.6) is 0 Å². The third-order valence-electron chi connectivity index (χ3n) is 8.01. The zero-order chi connectivity index (χ0) is 22.9. The summed E-state index contributed by atoms with van der Waals surface area (Å²) < 4.78 is 0. The number of thiophene rings is 1. The van der Waals surface area contributed by atoms with Gasteiger partial charge in [-0.05, 0) is 50.0 Å². The summed E-state index contributed by atoms with van der Waals surface area (Å²) in [7, 11) is 0. The molecular formula is C26H39N5OS. The number of hydrogen-bond acceptors (Lipinski definition) is 5. The summed E-state index contributed by atoms with van der Waals surface area (Å²) >= 11 is 1.90. The van der Waals surface area contributed by atoms with E-state index in [4.69, 9.17) is 9.97 Å². The number of anilines is 1. The minimum Gasteiger partial charge on any atom is -0.352 e. The molecule has 6 nitrogen and oxygen atoms in total. The fourth-order valence-corrected chi connectivity index (χ4v) is 6.99. The largest absolute Gasteiger partial charge is 0.352 e. The van der Waals surface area contributed by atoms with Gasteiger partial charge in [-0.15, -0.1) is 11.3 Å². The van der Waals surface area contributed by atoms with Crippen LogP contribution in [0.2, 0.25) is 0 Å². The molecule has 7 heteroatoms. The molecule has 2 aromatic heterocycles. The molecule has 3 aliphatic rings. The molecule has 0 radical (unpaired) electrons. The summed E-state index contributed by atoms with van der Waals surface area (Å²) in [6.07, 6.45) is 10.7. The Kier molecular flexibility index (Phi) is 6.77. The van der Waals surface area contributed by atoms with E-state index < -0.39 is 0 Å². The van der Waals surface area contributed by atoms with Gasteiger partial charge < -0.3 is 15.1 Å². The molecule has 1 N–H and O–H groups in total. The first-order valence-corrected chi connectivity index (χ1v) is 14.0. The average Bonchev–Trinajstić information content (AvgIpc) is 3.21. The molecule has 1 saturated heterocycles. The van der Waals surface area contributed by atoms with Gasteiger partial charge in [0, 0.05) is 43.0 Å². The first-order valence-electron chi connectivity index (χ1n) is 13.2. The van der Waals surface area contributed by atoms with Crippen molar-refractivity contribution in [3.63, 3.8) is 0 Å². The lowest BCUT2D eigenvalue weighted by Crippen LogP contribution is -2.54. The zero-order valence-corrected chi connectivity index (χ0v) is 21.3.